The molecule has 166 valence electrons. The van der Waals surface area contributed by atoms with Gasteiger partial charge in [-0.1, -0.05) is 12.6 Å². The van der Waals surface area contributed by atoms with Crippen LogP contribution in [0.15, 0.2) is 54.7 Å². The molecule has 0 spiro atoms. The fraction of sp³-hybridized carbons (Fsp3) is 0.417. The highest BCUT2D eigenvalue weighted by molar-refractivity contribution is 14.1. The van der Waals surface area contributed by atoms with Crippen molar-refractivity contribution in [1.82, 2.24) is 4.90 Å². The van der Waals surface area contributed by atoms with Gasteiger partial charge >= 0.3 is 0 Å². The van der Waals surface area contributed by atoms with Crippen LogP contribution in [0.3, 0.4) is 0 Å². The summed E-state index contributed by atoms with van der Waals surface area (Å²) in [4.78, 5) is 4.74. The first-order valence-corrected chi connectivity index (χ1v) is 12.7. The van der Waals surface area contributed by atoms with Gasteiger partial charge in [0.2, 0.25) is 0 Å². The number of hydrogen-bond acceptors (Lipinski definition) is 5. The average molecular weight is 646 g/mol. The highest BCUT2D eigenvalue weighted by Crippen LogP contribution is 2.37. The number of hydrogen-bond donors (Lipinski definition) is 0. The van der Waals surface area contributed by atoms with E-state index in [0.717, 1.165) is 46.8 Å². The lowest BCUT2D eigenvalue weighted by Crippen LogP contribution is -2.45. The van der Waals surface area contributed by atoms with E-state index in [4.69, 9.17) is 14.2 Å². The van der Waals surface area contributed by atoms with E-state index in [0.29, 0.717) is 13.2 Å². The Balaban J connectivity index is 1.30. The van der Waals surface area contributed by atoms with E-state index < -0.39 is 5.79 Å². The summed E-state index contributed by atoms with van der Waals surface area (Å²) < 4.78 is 20.7. The lowest BCUT2D eigenvalue weighted by Gasteiger charge is -2.37. The number of allylic oxidation sites excluding steroid dienone is 1. The Morgan fingerprint density at radius 1 is 1.13 bits per heavy atom. The minimum absolute atomic E-state index is 0.102. The molecule has 2 aliphatic rings. The smallest absolute Gasteiger partial charge is 0.193 e. The van der Waals surface area contributed by atoms with Crippen LogP contribution in [0.4, 0.5) is 5.69 Å². The fourth-order valence-electron chi connectivity index (χ4n) is 4.01. The lowest BCUT2D eigenvalue weighted by molar-refractivity contribution is -0.165. The zero-order valence-corrected chi connectivity index (χ0v) is 22.3. The molecular formula is C24H28I2N2O3. The summed E-state index contributed by atoms with van der Waals surface area (Å²) in [6, 6.07) is 14.7. The molecule has 0 bridgehead atoms. The molecule has 0 aliphatic carbocycles. The van der Waals surface area contributed by atoms with Crippen molar-refractivity contribution in [2.75, 3.05) is 44.3 Å². The number of ether oxygens (including phenoxy) is 3. The molecule has 0 aromatic heterocycles. The van der Waals surface area contributed by atoms with Crippen LogP contribution >= 0.6 is 45.2 Å². The summed E-state index contributed by atoms with van der Waals surface area (Å²) in [5.74, 6) is 0.121. The summed E-state index contributed by atoms with van der Waals surface area (Å²) in [6.07, 6.45) is -0.102. The minimum atomic E-state index is -0.731. The van der Waals surface area contributed by atoms with Crippen LogP contribution in [-0.4, -0.2) is 50.4 Å². The monoisotopic (exact) mass is 646 g/mol. The van der Waals surface area contributed by atoms with Crippen molar-refractivity contribution < 1.29 is 14.2 Å². The molecule has 2 saturated heterocycles. The third-order valence-electron chi connectivity index (χ3n) is 5.81. The SMILES string of the molecule is C=C(C)N1CCN(c2ccc(OCC3COC(C)(c4ccc(I)cc4I)O3)cc2)CC1. The Kier molecular flexibility index (Phi) is 7.34. The molecule has 2 heterocycles. The first-order valence-electron chi connectivity index (χ1n) is 10.5. The van der Waals surface area contributed by atoms with Gasteiger partial charge in [0.1, 0.15) is 18.5 Å². The van der Waals surface area contributed by atoms with Crippen molar-refractivity contribution in [1.29, 1.82) is 0 Å². The van der Waals surface area contributed by atoms with Gasteiger partial charge in [-0.3, -0.25) is 0 Å². The Hall–Kier alpha value is -1.04. The zero-order chi connectivity index (χ0) is 22.0. The molecule has 2 atom stereocenters. The Morgan fingerprint density at radius 2 is 1.84 bits per heavy atom. The predicted molar refractivity (Wildman–Crippen MR) is 141 cm³/mol. The molecule has 0 N–H and O–H groups in total. The van der Waals surface area contributed by atoms with Crippen LogP contribution in [0.5, 0.6) is 5.75 Å². The fourth-order valence-corrected chi connectivity index (χ4v) is 6.10. The van der Waals surface area contributed by atoms with Crippen LogP contribution < -0.4 is 9.64 Å². The van der Waals surface area contributed by atoms with E-state index in [1.165, 1.54) is 9.26 Å². The Bertz CT molecular complexity index is 929. The first-order chi connectivity index (χ1) is 14.8. The molecule has 2 aliphatic heterocycles. The van der Waals surface area contributed by atoms with E-state index >= 15 is 0 Å². The molecule has 0 saturated carbocycles. The number of anilines is 1. The Labute approximate surface area is 212 Å². The number of rotatable bonds is 6. The van der Waals surface area contributed by atoms with Gasteiger partial charge in [0.25, 0.3) is 0 Å². The molecule has 0 radical (unpaired) electrons. The molecule has 5 nitrogen and oxygen atoms in total. The summed E-state index contributed by atoms with van der Waals surface area (Å²) >= 11 is 4.66. The van der Waals surface area contributed by atoms with E-state index in [1.807, 2.05) is 19.1 Å². The summed E-state index contributed by atoms with van der Waals surface area (Å²) in [6.45, 7) is 13.1. The molecule has 2 fully saturated rings. The molecule has 0 amide bonds. The van der Waals surface area contributed by atoms with Gasteiger partial charge in [0.05, 0.1) is 6.61 Å². The van der Waals surface area contributed by atoms with Crippen molar-refractivity contribution in [3.05, 3.63) is 67.4 Å². The molecule has 2 aromatic rings. The van der Waals surface area contributed by atoms with Gasteiger partial charge in [0.15, 0.2) is 5.79 Å². The summed E-state index contributed by atoms with van der Waals surface area (Å²) in [5.41, 5.74) is 3.44. The molecular weight excluding hydrogens is 618 g/mol. The van der Waals surface area contributed by atoms with E-state index in [9.17, 15) is 0 Å². The van der Waals surface area contributed by atoms with Gasteiger partial charge in [0, 0.05) is 50.3 Å². The molecule has 2 aromatic carbocycles. The van der Waals surface area contributed by atoms with Crippen molar-refractivity contribution in [3.63, 3.8) is 0 Å². The van der Waals surface area contributed by atoms with E-state index in [-0.39, 0.29) is 6.10 Å². The maximum Gasteiger partial charge on any atom is 0.193 e. The van der Waals surface area contributed by atoms with Crippen LogP contribution in [0.2, 0.25) is 0 Å². The second-order valence-corrected chi connectivity index (χ2v) is 10.5. The van der Waals surface area contributed by atoms with Crippen molar-refractivity contribution in [2.24, 2.45) is 0 Å². The van der Waals surface area contributed by atoms with Crippen LogP contribution in [0.1, 0.15) is 19.4 Å². The number of halogens is 2. The second kappa shape index (κ2) is 9.84. The van der Waals surface area contributed by atoms with Crippen molar-refractivity contribution in [3.8, 4) is 5.75 Å². The minimum Gasteiger partial charge on any atom is -0.491 e. The van der Waals surface area contributed by atoms with Crippen LogP contribution in [0.25, 0.3) is 0 Å². The van der Waals surface area contributed by atoms with Gasteiger partial charge in [-0.2, -0.15) is 0 Å². The summed E-state index contributed by atoms with van der Waals surface area (Å²) in [5, 5.41) is 0. The number of benzene rings is 2. The third-order valence-corrected chi connectivity index (χ3v) is 7.38. The van der Waals surface area contributed by atoms with Gasteiger partial charge < -0.3 is 24.0 Å². The second-order valence-electron chi connectivity index (χ2n) is 8.14. The highest BCUT2D eigenvalue weighted by atomic mass is 127. The summed E-state index contributed by atoms with van der Waals surface area (Å²) in [7, 11) is 0. The highest BCUT2D eigenvalue weighted by Gasteiger charge is 2.40. The third kappa shape index (κ3) is 5.48. The lowest BCUT2D eigenvalue weighted by atomic mass is 10.1. The largest absolute Gasteiger partial charge is 0.491 e. The van der Waals surface area contributed by atoms with E-state index in [2.05, 4.69) is 98.8 Å². The van der Waals surface area contributed by atoms with E-state index in [1.54, 1.807) is 0 Å². The number of nitrogens with zero attached hydrogens (tertiary/aromatic N) is 2. The van der Waals surface area contributed by atoms with Gasteiger partial charge in [-0.25, -0.2) is 0 Å². The zero-order valence-electron chi connectivity index (χ0n) is 17.9. The first kappa shape index (κ1) is 23.1. The standard InChI is InChI=1S/C24H28I2N2O3/c1-17(2)27-10-12-28(13-11-27)19-5-7-20(8-6-19)29-15-21-16-30-24(3,31-21)22-9-4-18(25)14-23(22)26/h4-9,14,21H,1,10-13,15-16H2,2-3H3. The maximum atomic E-state index is 6.25. The predicted octanol–water partition coefficient (Wildman–Crippen LogP) is 5.22. The van der Waals surface area contributed by atoms with Crippen molar-refractivity contribution in [2.45, 2.75) is 25.7 Å². The van der Waals surface area contributed by atoms with Crippen LogP contribution in [0, 0.1) is 7.14 Å². The molecule has 2 unspecified atom stereocenters. The van der Waals surface area contributed by atoms with Crippen molar-refractivity contribution >= 4 is 50.9 Å². The van der Waals surface area contributed by atoms with Gasteiger partial charge in [-0.15, -0.1) is 0 Å². The average Bonchev–Trinajstić information content (AvgIpc) is 3.14. The normalized spacial score (nSPS) is 23.8. The maximum absolute atomic E-state index is 6.25. The topological polar surface area (TPSA) is 34.2 Å². The van der Waals surface area contributed by atoms with Gasteiger partial charge in [-0.05, 0) is 95.4 Å². The Morgan fingerprint density at radius 3 is 2.48 bits per heavy atom. The molecule has 7 heteroatoms. The number of piperazine rings is 1. The molecule has 31 heavy (non-hydrogen) atoms. The quantitative estimate of drug-likeness (QED) is 0.403. The van der Waals surface area contributed by atoms with Crippen LogP contribution in [-0.2, 0) is 15.3 Å². The molecule has 4 rings (SSSR count).